The fraction of sp³-hybridized carbons (Fsp3) is 0.588. The van der Waals surface area contributed by atoms with Gasteiger partial charge in [0.1, 0.15) is 0 Å². The Morgan fingerprint density at radius 1 is 0.447 bits per heavy atom. The number of rotatable bonds is 14. The third-order valence-corrected chi connectivity index (χ3v) is 8.27. The average molecular weight is 521 g/mol. The Morgan fingerprint density at radius 2 is 0.684 bits per heavy atom. The van der Waals surface area contributed by atoms with Crippen LogP contribution in [0.25, 0.3) is 0 Å². The van der Waals surface area contributed by atoms with Crippen LogP contribution in [0.4, 0.5) is 0 Å². The third kappa shape index (κ3) is 5.55. The highest BCUT2D eigenvalue weighted by Gasteiger charge is 2.34. The van der Waals surface area contributed by atoms with Crippen molar-refractivity contribution in [3.8, 4) is 0 Å². The van der Waals surface area contributed by atoms with Crippen molar-refractivity contribution >= 4 is 11.9 Å². The lowest BCUT2D eigenvalue weighted by molar-refractivity contribution is 0.0649. The zero-order valence-corrected chi connectivity index (χ0v) is 24.6. The van der Waals surface area contributed by atoms with Crippen LogP contribution in [0.15, 0.2) is 0 Å². The van der Waals surface area contributed by atoms with E-state index >= 15 is 0 Å². The molecule has 0 saturated carbocycles. The van der Waals surface area contributed by atoms with E-state index in [4.69, 9.17) is 0 Å². The molecule has 0 amide bonds. The minimum Gasteiger partial charge on any atom is -0.478 e. The first kappa shape index (κ1) is 29.9. The highest BCUT2D eigenvalue weighted by atomic mass is 16.4. The van der Waals surface area contributed by atoms with Gasteiger partial charge in [-0.15, -0.1) is 0 Å². The van der Waals surface area contributed by atoms with E-state index in [9.17, 15) is 19.8 Å². The second kappa shape index (κ2) is 13.4. The van der Waals surface area contributed by atoms with Gasteiger partial charge in [0.2, 0.25) is 0 Å². The molecule has 0 unspecified atom stereocenters. The molecule has 4 nitrogen and oxygen atoms in total. The van der Waals surface area contributed by atoms with Crippen molar-refractivity contribution in [2.45, 2.75) is 131 Å². The second-order valence-electron chi connectivity index (χ2n) is 11.0. The monoisotopic (exact) mass is 520 g/mol. The number of carboxylic acids is 2. The standard InChI is InChI=1S/C34H48O4/c1-7-13-21-22(14-8-2)24(16-10-4)28-20-30-26(18-12-6)32(34(37)38)31(33(35)36)25(17-11-5)29(30)19-27(28)23(21)15-9-3/h7-20H2,1-6H3,(H,35,36)(H,37,38). The van der Waals surface area contributed by atoms with E-state index in [0.29, 0.717) is 12.8 Å². The van der Waals surface area contributed by atoms with Gasteiger partial charge in [-0.05, 0) is 107 Å². The van der Waals surface area contributed by atoms with E-state index in [1.807, 2.05) is 13.8 Å². The first-order chi connectivity index (χ1) is 18.3. The van der Waals surface area contributed by atoms with Gasteiger partial charge in [0.15, 0.2) is 0 Å². The van der Waals surface area contributed by atoms with Crippen molar-refractivity contribution < 1.29 is 19.8 Å². The van der Waals surface area contributed by atoms with Gasteiger partial charge in [-0.2, -0.15) is 0 Å². The van der Waals surface area contributed by atoms with Gasteiger partial charge in [-0.1, -0.05) is 80.1 Å². The predicted molar refractivity (Wildman–Crippen MR) is 156 cm³/mol. The summed E-state index contributed by atoms with van der Waals surface area (Å²) < 4.78 is 0. The number of carbonyl (C=O) groups is 2. The molecule has 3 rings (SSSR count). The number of hydrogen-bond donors (Lipinski definition) is 2. The zero-order valence-electron chi connectivity index (χ0n) is 24.6. The molecule has 38 heavy (non-hydrogen) atoms. The molecule has 0 atom stereocenters. The number of fused-ring (bicyclic) bond motifs is 2. The summed E-state index contributed by atoms with van der Waals surface area (Å²) >= 11 is 0. The summed E-state index contributed by atoms with van der Waals surface area (Å²) in [5.41, 5.74) is 12.7. The molecule has 2 N–H and O–H groups in total. The minimum absolute atomic E-state index is 0.0345. The van der Waals surface area contributed by atoms with Crippen molar-refractivity contribution in [3.05, 3.63) is 66.8 Å². The molecule has 0 spiro atoms. The fourth-order valence-corrected chi connectivity index (χ4v) is 7.00. The molecule has 1 aliphatic rings. The van der Waals surface area contributed by atoms with Gasteiger partial charge in [0.25, 0.3) is 0 Å². The first-order valence-electron chi connectivity index (χ1n) is 15.1. The van der Waals surface area contributed by atoms with E-state index in [1.54, 1.807) is 11.1 Å². The lowest BCUT2D eigenvalue weighted by atomic mass is 9.70. The van der Waals surface area contributed by atoms with Crippen molar-refractivity contribution in [1.82, 2.24) is 0 Å². The maximum Gasteiger partial charge on any atom is 0.336 e. The molecule has 0 aliphatic heterocycles. The van der Waals surface area contributed by atoms with Crippen molar-refractivity contribution in [1.29, 1.82) is 0 Å². The molecule has 4 heteroatoms. The van der Waals surface area contributed by atoms with Gasteiger partial charge in [-0.3, -0.25) is 0 Å². The largest absolute Gasteiger partial charge is 0.478 e. The molecule has 0 heterocycles. The predicted octanol–water partition coefficient (Wildman–Crippen LogP) is 8.29. The Labute approximate surface area is 229 Å². The zero-order chi connectivity index (χ0) is 28.0. The van der Waals surface area contributed by atoms with Crippen LogP contribution in [-0.4, -0.2) is 22.2 Å². The number of hydrogen-bond acceptors (Lipinski definition) is 2. The van der Waals surface area contributed by atoms with Crippen LogP contribution in [-0.2, 0) is 51.4 Å². The average Bonchev–Trinajstić information content (AvgIpc) is 2.88. The van der Waals surface area contributed by atoms with Crippen molar-refractivity contribution in [2.24, 2.45) is 0 Å². The summed E-state index contributed by atoms with van der Waals surface area (Å²) in [6, 6.07) is 0. The normalized spacial score (nSPS) is 12.4. The topological polar surface area (TPSA) is 74.6 Å². The molecule has 2 aromatic rings. The lowest BCUT2D eigenvalue weighted by Gasteiger charge is -2.34. The summed E-state index contributed by atoms with van der Waals surface area (Å²) in [5, 5.41) is 20.6. The summed E-state index contributed by atoms with van der Waals surface area (Å²) in [4.78, 5) is 25.2. The van der Waals surface area contributed by atoms with Crippen LogP contribution in [0.1, 0.15) is 156 Å². The number of benzene rings is 2. The lowest BCUT2D eigenvalue weighted by Crippen LogP contribution is -2.25. The van der Waals surface area contributed by atoms with Crippen molar-refractivity contribution in [2.75, 3.05) is 0 Å². The molecule has 0 saturated heterocycles. The fourth-order valence-electron chi connectivity index (χ4n) is 7.00. The molecular weight excluding hydrogens is 472 g/mol. The Morgan fingerprint density at radius 3 is 0.947 bits per heavy atom. The molecule has 0 fully saturated rings. The highest BCUT2D eigenvalue weighted by Crippen LogP contribution is 2.43. The quantitative estimate of drug-likeness (QED) is 0.224. The Hall–Kier alpha value is -2.62. The van der Waals surface area contributed by atoms with Gasteiger partial charge in [0, 0.05) is 0 Å². The van der Waals surface area contributed by atoms with Crippen LogP contribution in [0.3, 0.4) is 0 Å². The third-order valence-electron chi connectivity index (χ3n) is 8.27. The minimum atomic E-state index is -1.11. The second-order valence-corrected chi connectivity index (χ2v) is 11.0. The smallest absolute Gasteiger partial charge is 0.336 e. The van der Waals surface area contributed by atoms with Crippen LogP contribution in [0, 0.1) is 0 Å². The van der Waals surface area contributed by atoms with Crippen molar-refractivity contribution in [3.63, 3.8) is 0 Å². The van der Waals surface area contributed by atoms with E-state index < -0.39 is 11.9 Å². The van der Waals surface area contributed by atoms with Crippen LogP contribution >= 0.6 is 0 Å². The molecule has 2 aromatic carbocycles. The van der Waals surface area contributed by atoms with E-state index in [1.165, 1.54) is 22.3 Å². The molecular formula is C34H48O4. The maximum absolute atomic E-state index is 12.6. The van der Waals surface area contributed by atoms with Gasteiger partial charge in [-0.25, -0.2) is 9.59 Å². The molecule has 0 radical (unpaired) electrons. The Kier molecular flexibility index (Phi) is 10.6. The number of carboxylic acid groups (broad SMARTS) is 2. The number of aromatic carboxylic acids is 2. The molecule has 1 aliphatic carbocycles. The molecule has 208 valence electrons. The highest BCUT2D eigenvalue weighted by molar-refractivity contribution is 6.05. The van der Waals surface area contributed by atoms with E-state index in [-0.39, 0.29) is 11.1 Å². The molecule has 0 bridgehead atoms. The van der Waals surface area contributed by atoms with E-state index in [2.05, 4.69) is 27.7 Å². The van der Waals surface area contributed by atoms with Crippen LogP contribution in [0.5, 0.6) is 0 Å². The van der Waals surface area contributed by atoms with Crippen LogP contribution < -0.4 is 0 Å². The summed E-state index contributed by atoms with van der Waals surface area (Å²) in [5.74, 6) is -2.22. The Bertz CT molecular complexity index is 1100. The Balaban J connectivity index is 2.50. The van der Waals surface area contributed by atoms with E-state index in [0.717, 1.165) is 99.3 Å². The maximum atomic E-state index is 12.6. The van der Waals surface area contributed by atoms with Gasteiger partial charge in [0.05, 0.1) is 11.1 Å². The van der Waals surface area contributed by atoms with Gasteiger partial charge < -0.3 is 10.2 Å². The summed E-state index contributed by atoms with van der Waals surface area (Å²) in [7, 11) is 0. The summed E-state index contributed by atoms with van der Waals surface area (Å²) in [6.07, 6.45) is 12.8. The molecule has 0 aromatic heterocycles. The summed E-state index contributed by atoms with van der Waals surface area (Å²) in [6.45, 7) is 13.1. The van der Waals surface area contributed by atoms with Crippen LogP contribution in [0.2, 0.25) is 0 Å². The van der Waals surface area contributed by atoms with Gasteiger partial charge >= 0.3 is 11.9 Å². The SMILES string of the molecule is CCCc1c(CCC)c(CCC)c2c(c1CCC)Cc1c(c(CCC)c(C(=O)O)c(C(=O)O)c1CCC)C2. The first-order valence-corrected chi connectivity index (χ1v) is 15.1.